The molecule has 1 heterocycles. The van der Waals surface area contributed by atoms with Gasteiger partial charge in [-0.2, -0.15) is 5.26 Å². The van der Waals surface area contributed by atoms with E-state index < -0.39 is 0 Å². The second-order valence-corrected chi connectivity index (χ2v) is 7.12. The smallest absolute Gasteiger partial charge is 0.139 e. The normalized spacial score (nSPS) is 10.5. The van der Waals surface area contributed by atoms with Gasteiger partial charge in [-0.25, -0.2) is 4.68 Å². The molecule has 0 atom stereocenters. The minimum Gasteiger partial charge on any atom is -0.497 e. The van der Waals surface area contributed by atoms with Crippen molar-refractivity contribution >= 4 is 11.4 Å². The van der Waals surface area contributed by atoms with E-state index in [4.69, 9.17) is 10.5 Å². The van der Waals surface area contributed by atoms with Gasteiger partial charge in [0.15, 0.2) is 0 Å². The van der Waals surface area contributed by atoms with Gasteiger partial charge in [0.05, 0.1) is 31.0 Å². The zero-order valence-corrected chi connectivity index (χ0v) is 17.1. The largest absolute Gasteiger partial charge is 0.497 e. The van der Waals surface area contributed by atoms with Crippen LogP contribution >= 0.6 is 0 Å². The Kier molecular flexibility index (Phi) is 5.81. The van der Waals surface area contributed by atoms with Gasteiger partial charge in [0.2, 0.25) is 0 Å². The van der Waals surface area contributed by atoms with Crippen LogP contribution in [0.3, 0.4) is 0 Å². The summed E-state index contributed by atoms with van der Waals surface area (Å²) in [7, 11) is 1.65. The van der Waals surface area contributed by atoms with Crippen LogP contribution in [-0.4, -0.2) is 22.0 Å². The van der Waals surface area contributed by atoms with E-state index in [9.17, 15) is 5.26 Å². The lowest BCUT2D eigenvalue weighted by molar-refractivity contribution is 0.414. The number of nitrogens with zero attached hydrogens (tertiary/aromatic N) is 5. The van der Waals surface area contributed by atoms with Crippen molar-refractivity contribution in [2.75, 3.05) is 17.9 Å². The van der Waals surface area contributed by atoms with E-state index in [0.717, 1.165) is 33.8 Å². The minimum absolute atomic E-state index is 0.589. The molecule has 0 spiro atoms. The van der Waals surface area contributed by atoms with Gasteiger partial charge in [-0.05, 0) is 65.6 Å². The van der Waals surface area contributed by atoms with Crippen molar-refractivity contribution in [1.82, 2.24) is 14.9 Å². The second kappa shape index (κ2) is 9.01. The van der Waals surface area contributed by atoms with Gasteiger partial charge in [-0.3, -0.25) is 5.01 Å². The van der Waals surface area contributed by atoms with E-state index in [1.165, 1.54) is 0 Å². The zero-order valence-electron chi connectivity index (χ0n) is 17.1. The maximum atomic E-state index is 9.63. The van der Waals surface area contributed by atoms with Crippen molar-refractivity contribution in [1.29, 1.82) is 5.26 Å². The lowest BCUT2D eigenvalue weighted by Crippen LogP contribution is -2.28. The highest BCUT2D eigenvalue weighted by atomic mass is 16.5. The molecule has 0 aliphatic rings. The van der Waals surface area contributed by atoms with Crippen molar-refractivity contribution in [3.05, 3.63) is 102 Å². The average molecular weight is 410 g/mol. The molecule has 3 aromatic carbocycles. The van der Waals surface area contributed by atoms with Crippen LogP contribution in [0.5, 0.6) is 5.75 Å². The molecular formula is C24H22N6O. The molecule has 0 aliphatic carbocycles. The number of nitriles is 1. The van der Waals surface area contributed by atoms with E-state index in [2.05, 4.69) is 16.3 Å². The first kappa shape index (κ1) is 20.0. The monoisotopic (exact) mass is 410 g/mol. The highest BCUT2D eigenvalue weighted by Crippen LogP contribution is 2.25. The molecule has 0 radical (unpaired) electrons. The SMILES string of the molecule is COc1ccc(Cc2cc(N(Cc3ccc(N)cc3)n3cnnc3)ccc2C#N)cc1. The quantitative estimate of drug-likeness (QED) is 0.466. The van der Waals surface area contributed by atoms with Crippen molar-refractivity contribution in [2.45, 2.75) is 13.0 Å². The Balaban J connectivity index is 1.68. The first-order valence-electron chi connectivity index (χ1n) is 9.79. The number of methoxy groups -OCH3 is 1. The zero-order chi connectivity index (χ0) is 21.6. The summed E-state index contributed by atoms with van der Waals surface area (Å²) in [5, 5.41) is 19.6. The number of rotatable bonds is 7. The molecule has 0 aliphatic heterocycles. The maximum absolute atomic E-state index is 9.63. The van der Waals surface area contributed by atoms with E-state index in [1.54, 1.807) is 19.8 Å². The van der Waals surface area contributed by atoms with Crippen LogP contribution in [0.4, 0.5) is 11.4 Å². The molecule has 0 saturated carbocycles. The van der Waals surface area contributed by atoms with Crippen molar-refractivity contribution in [2.24, 2.45) is 0 Å². The molecule has 1 aromatic heterocycles. The molecule has 0 fully saturated rings. The summed E-state index contributed by atoms with van der Waals surface area (Å²) in [5.74, 6) is 0.806. The summed E-state index contributed by atoms with van der Waals surface area (Å²) >= 11 is 0. The van der Waals surface area contributed by atoms with Crippen LogP contribution in [0, 0.1) is 11.3 Å². The average Bonchev–Trinajstić information content (AvgIpc) is 3.34. The molecular weight excluding hydrogens is 388 g/mol. The third kappa shape index (κ3) is 4.65. The van der Waals surface area contributed by atoms with Crippen molar-refractivity contribution < 1.29 is 4.74 Å². The van der Waals surface area contributed by atoms with Crippen LogP contribution < -0.4 is 15.5 Å². The van der Waals surface area contributed by atoms with Gasteiger partial charge in [0.1, 0.15) is 18.4 Å². The number of hydrogen-bond donors (Lipinski definition) is 1. The van der Waals surface area contributed by atoms with E-state index in [-0.39, 0.29) is 0 Å². The molecule has 0 amide bonds. The molecule has 0 saturated heterocycles. The summed E-state index contributed by atoms with van der Waals surface area (Å²) in [4.78, 5) is 0. The number of hydrogen-bond acceptors (Lipinski definition) is 6. The van der Waals surface area contributed by atoms with Gasteiger partial charge < -0.3 is 10.5 Å². The van der Waals surface area contributed by atoms with Crippen LogP contribution in [0.15, 0.2) is 79.4 Å². The summed E-state index contributed by atoms with van der Waals surface area (Å²) in [6, 6.07) is 23.8. The van der Waals surface area contributed by atoms with Gasteiger partial charge in [-0.15, -0.1) is 10.2 Å². The first-order valence-corrected chi connectivity index (χ1v) is 9.79. The van der Waals surface area contributed by atoms with Gasteiger partial charge >= 0.3 is 0 Å². The highest BCUT2D eigenvalue weighted by molar-refractivity contribution is 5.55. The fourth-order valence-electron chi connectivity index (χ4n) is 3.38. The maximum Gasteiger partial charge on any atom is 0.139 e. The molecule has 154 valence electrons. The number of ether oxygens (including phenoxy) is 1. The third-order valence-electron chi connectivity index (χ3n) is 5.06. The topological polar surface area (TPSA) is 93.0 Å². The van der Waals surface area contributed by atoms with E-state index in [0.29, 0.717) is 18.5 Å². The van der Waals surface area contributed by atoms with Gasteiger partial charge in [0, 0.05) is 5.69 Å². The Morgan fingerprint density at radius 2 is 1.65 bits per heavy atom. The first-order chi connectivity index (χ1) is 15.2. The number of aromatic nitrogens is 3. The second-order valence-electron chi connectivity index (χ2n) is 7.12. The summed E-state index contributed by atoms with van der Waals surface area (Å²) in [5.41, 5.74) is 11.3. The molecule has 7 nitrogen and oxygen atoms in total. The van der Waals surface area contributed by atoms with Crippen LogP contribution in [-0.2, 0) is 13.0 Å². The van der Waals surface area contributed by atoms with E-state index in [1.807, 2.05) is 76.4 Å². The predicted molar refractivity (Wildman–Crippen MR) is 119 cm³/mol. The molecule has 7 heteroatoms. The fraction of sp³-hybridized carbons (Fsp3) is 0.125. The van der Waals surface area contributed by atoms with Crippen LogP contribution in [0.2, 0.25) is 0 Å². The Hall–Kier alpha value is -4.31. The van der Waals surface area contributed by atoms with E-state index >= 15 is 0 Å². The summed E-state index contributed by atoms with van der Waals surface area (Å²) in [6.07, 6.45) is 3.94. The summed E-state index contributed by atoms with van der Waals surface area (Å²) < 4.78 is 7.07. The fourth-order valence-corrected chi connectivity index (χ4v) is 3.38. The summed E-state index contributed by atoms with van der Waals surface area (Å²) in [6.45, 7) is 0.589. The highest BCUT2D eigenvalue weighted by Gasteiger charge is 2.13. The number of anilines is 2. The molecule has 2 N–H and O–H groups in total. The van der Waals surface area contributed by atoms with Crippen molar-refractivity contribution in [3.63, 3.8) is 0 Å². The van der Waals surface area contributed by atoms with Gasteiger partial charge in [-0.1, -0.05) is 24.3 Å². The molecule has 0 bridgehead atoms. The number of benzene rings is 3. The molecule has 0 unspecified atom stereocenters. The van der Waals surface area contributed by atoms with Crippen LogP contribution in [0.25, 0.3) is 0 Å². The minimum atomic E-state index is 0.589. The lowest BCUT2D eigenvalue weighted by Gasteiger charge is -2.26. The van der Waals surface area contributed by atoms with Crippen LogP contribution in [0.1, 0.15) is 22.3 Å². The number of nitrogens with two attached hydrogens (primary N) is 1. The Morgan fingerprint density at radius 3 is 2.29 bits per heavy atom. The molecule has 4 aromatic rings. The molecule has 31 heavy (non-hydrogen) atoms. The predicted octanol–water partition coefficient (Wildman–Crippen LogP) is 3.80. The Morgan fingerprint density at radius 1 is 0.968 bits per heavy atom. The Bertz CT molecular complexity index is 1180. The molecule has 4 rings (SSSR count). The van der Waals surface area contributed by atoms with Gasteiger partial charge in [0.25, 0.3) is 0 Å². The Labute approximate surface area is 180 Å². The lowest BCUT2D eigenvalue weighted by atomic mass is 9.99. The number of nitrogen functional groups attached to an aromatic ring is 1. The third-order valence-corrected chi connectivity index (χ3v) is 5.06. The standard InChI is InChI=1S/C24H22N6O/c1-31-24-10-4-18(5-11-24)12-21-13-23(9-6-20(21)14-25)30(29-16-27-28-17-29)15-19-2-7-22(26)8-3-19/h2-11,13,16-17H,12,15,26H2,1H3. The van der Waals surface area contributed by atoms with Crippen molar-refractivity contribution in [3.8, 4) is 11.8 Å².